The van der Waals surface area contributed by atoms with E-state index in [0.717, 1.165) is 36.0 Å². The van der Waals surface area contributed by atoms with Gasteiger partial charge in [-0.1, -0.05) is 5.21 Å². The van der Waals surface area contributed by atoms with E-state index in [2.05, 4.69) is 43.7 Å². The Bertz CT molecular complexity index is 1180. The van der Waals surface area contributed by atoms with Crippen molar-refractivity contribution in [1.29, 1.82) is 0 Å². The predicted molar refractivity (Wildman–Crippen MR) is 133 cm³/mol. The maximum atomic E-state index is 5.67. The molecule has 0 aromatic carbocycles. The summed E-state index contributed by atoms with van der Waals surface area (Å²) in [5, 5.41) is 12.8. The molecular formula is C27H33N7O. The zero-order valence-corrected chi connectivity index (χ0v) is 20.1. The number of piperidine rings is 1. The molecule has 0 bridgehead atoms. The van der Waals surface area contributed by atoms with Gasteiger partial charge < -0.3 is 15.0 Å². The van der Waals surface area contributed by atoms with Gasteiger partial charge in [-0.3, -0.25) is 9.97 Å². The minimum absolute atomic E-state index is 0.401. The molecule has 8 nitrogen and oxygen atoms in total. The monoisotopic (exact) mass is 471 g/mol. The van der Waals surface area contributed by atoms with E-state index in [-0.39, 0.29) is 0 Å². The molecule has 7 rings (SSSR count). The Morgan fingerprint density at radius 2 is 1.97 bits per heavy atom. The van der Waals surface area contributed by atoms with E-state index in [1.807, 2.05) is 29.5 Å². The van der Waals surface area contributed by atoms with Crippen molar-refractivity contribution in [3.63, 3.8) is 0 Å². The molecule has 0 spiro atoms. The number of ether oxygens (including phenoxy) is 1. The zero-order valence-electron chi connectivity index (χ0n) is 20.1. The van der Waals surface area contributed by atoms with Crippen LogP contribution in [-0.2, 0) is 10.3 Å². The second-order valence-corrected chi connectivity index (χ2v) is 10.9. The van der Waals surface area contributed by atoms with Crippen LogP contribution in [0, 0.1) is 5.92 Å². The molecule has 0 radical (unpaired) electrons. The summed E-state index contributed by atoms with van der Waals surface area (Å²) in [7, 11) is 0. The third kappa shape index (κ3) is 4.23. The van der Waals surface area contributed by atoms with Crippen molar-refractivity contribution in [2.24, 2.45) is 5.92 Å². The average molecular weight is 472 g/mol. The molecule has 2 saturated carbocycles. The quantitative estimate of drug-likeness (QED) is 0.540. The summed E-state index contributed by atoms with van der Waals surface area (Å²) in [6.45, 7) is 4.44. The van der Waals surface area contributed by atoms with Crippen molar-refractivity contribution in [2.45, 2.75) is 56.0 Å². The molecular weight excluding hydrogens is 438 g/mol. The summed E-state index contributed by atoms with van der Waals surface area (Å²) in [4.78, 5) is 11.8. The topological polar surface area (TPSA) is 81.0 Å². The fraction of sp³-hybridized carbons (Fsp3) is 0.556. The standard InChI is InChI=1S/C27H33N7O/c1-2-23(29-11-19-3-4-19)15-33(9-1)24-7-8-26(30-14-24)27(17-35-18-27)34-16-25(31-32-34)22-10-21(12-28-13-22)20-5-6-20/h7-8,10,12-14,16,19-20,23,29H,1-6,9,11,15,17-18H2/t23-/m0/s1. The van der Waals surface area contributed by atoms with Gasteiger partial charge in [-0.15, -0.1) is 5.10 Å². The molecule has 1 N–H and O–H groups in total. The number of hydrogen-bond donors (Lipinski definition) is 1. The van der Waals surface area contributed by atoms with Gasteiger partial charge in [0.2, 0.25) is 0 Å². The number of rotatable bonds is 8. The summed E-state index contributed by atoms with van der Waals surface area (Å²) in [6, 6.07) is 7.15. The number of pyridine rings is 2. The lowest BCUT2D eigenvalue weighted by molar-refractivity contribution is -0.0851. The van der Waals surface area contributed by atoms with Gasteiger partial charge in [0, 0.05) is 37.1 Å². The Balaban J connectivity index is 1.08. The molecule has 2 aliphatic carbocycles. The zero-order chi connectivity index (χ0) is 23.2. The highest BCUT2D eigenvalue weighted by molar-refractivity contribution is 5.58. The normalized spacial score (nSPS) is 23.8. The molecule has 3 aromatic heterocycles. The Hall–Kier alpha value is -2.84. The smallest absolute Gasteiger partial charge is 0.152 e. The van der Waals surface area contributed by atoms with E-state index < -0.39 is 5.54 Å². The number of anilines is 1. The minimum atomic E-state index is -0.401. The summed E-state index contributed by atoms with van der Waals surface area (Å²) < 4.78 is 7.61. The van der Waals surface area contributed by atoms with Crippen LogP contribution in [0.5, 0.6) is 0 Å². The van der Waals surface area contributed by atoms with Gasteiger partial charge in [0.15, 0.2) is 5.54 Å². The van der Waals surface area contributed by atoms with Crippen molar-refractivity contribution in [1.82, 2.24) is 30.3 Å². The molecule has 8 heteroatoms. The van der Waals surface area contributed by atoms with Crippen molar-refractivity contribution in [2.75, 3.05) is 37.7 Å². The highest BCUT2D eigenvalue weighted by Gasteiger charge is 2.45. The van der Waals surface area contributed by atoms with Gasteiger partial charge in [0.1, 0.15) is 5.69 Å². The van der Waals surface area contributed by atoms with E-state index in [9.17, 15) is 0 Å². The van der Waals surface area contributed by atoms with E-state index in [4.69, 9.17) is 9.72 Å². The van der Waals surface area contributed by atoms with Gasteiger partial charge in [0.25, 0.3) is 0 Å². The highest BCUT2D eigenvalue weighted by Crippen LogP contribution is 2.41. The van der Waals surface area contributed by atoms with Crippen LogP contribution in [0.2, 0.25) is 0 Å². The molecule has 182 valence electrons. The lowest BCUT2D eigenvalue weighted by Crippen LogP contribution is -2.53. The molecule has 4 fully saturated rings. The highest BCUT2D eigenvalue weighted by atomic mass is 16.5. The van der Waals surface area contributed by atoms with Crippen LogP contribution in [0.25, 0.3) is 11.3 Å². The fourth-order valence-corrected chi connectivity index (χ4v) is 5.42. The maximum Gasteiger partial charge on any atom is 0.152 e. The van der Waals surface area contributed by atoms with Crippen molar-refractivity contribution in [3.05, 3.63) is 54.2 Å². The third-order valence-electron chi connectivity index (χ3n) is 8.12. The Kier molecular flexibility index (Phi) is 5.31. The summed E-state index contributed by atoms with van der Waals surface area (Å²) in [5.74, 6) is 1.58. The summed E-state index contributed by atoms with van der Waals surface area (Å²) in [5.41, 5.74) is 4.95. The maximum absolute atomic E-state index is 5.67. The molecule has 4 aliphatic rings. The average Bonchev–Trinajstić information content (AvgIpc) is 3.82. The van der Waals surface area contributed by atoms with Crippen molar-refractivity contribution >= 4 is 5.69 Å². The largest absolute Gasteiger partial charge is 0.375 e. The lowest BCUT2D eigenvalue weighted by Gasteiger charge is -2.40. The van der Waals surface area contributed by atoms with Gasteiger partial charge >= 0.3 is 0 Å². The first-order valence-electron chi connectivity index (χ1n) is 13.2. The second-order valence-electron chi connectivity index (χ2n) is 10.9. The van der Waals surface area contributed by atoms with Crippen LogP contribution in [0.3, 0.4) is 0 Å². The first-order valence-corrected chi connectivity index (χ1v) is 13.2. The van der Waals surface area contributed by atoms with E-state index in [0.29, 0.717) is 25.2 Å². The Morgan fingerprint density at radius 3 is 2.71 bits per heavy atom. The molecule has 3 aromatic rings. The molecule has 0 unspecified atom stereocenters. The third-order valence-corrected chi connectivity index (χ3v) is 8.12. The summed E-state index contributed by atoms with van der Waals surface area (Å²) >= 11 is 0. The van der Waals surface area contributed by atoms with Crippen molar-refractivity contribution in [3.8, 4) is 11.3 Å². The van der Waals surface area contributed by atoms with Crippen LogP contribution >= 0.6 is 0 Å². The molecule has 5 heterocycles. The van der Waals surface area contributed by atoms with Gasteiger partial charge in [-0.25, -0.2) is 4.68 Å². The van der Waals surface area contributed by atoms with Gasteiger partial charge in [-0.05, 0) is 80.7 Å². The van der Waals surface area contributed by atoms with Crippen molar-refractivity contribution < 1.29 is 4.74 Å². The van der Waals surface area contributed by atoms with Crippen LogP contribution in [0.1, 0.15) is 55.7 Å². The number of hydrogen-bond acceptors (Lipinski definition) is 7. The summed E-state index contributed by atoms with van der Waals surface area (Å²) in [6.07, 6.45) is 15.7. The van der Waals surface area contributed by atoms with Crippen LogP contribution < -0.4 is 10.2 Å². The Labute approximate surface area is 206 Å². The van der Waals surface area contributed by atoms with E-state index in [1.165, 1.54) is 56.3 Å². The molecule has 1 atom stereocenters. The minimum Gasteiger partial charge on any atom is -0.375 e. The van der Waals surface area contributed by atoms with Gasteiger partial charge in [0.05, 0.1) is 37.0 Å². The van der Waals surface area contributed by atoms with Crippen LogP contribution in [0.4, 0.5) is 5.69 Å². The first kappa shape index (κ1) is 21.4. The number of nitrogens with one attached hydrogen (secondary N) is 1. The van der Waals surface area contributed by atoms with Crippen LogP contribution in [-0.4, -0.2) is 63.9 Å². The number of aromatic nitrogens is 5. The van der Waals surface area contributed by atoms with Gasteiger partial charge in [-0.2, -0.15) is 0 Å². The fourth-order valence-electron chi connectivity index (χ4n) is 5.42. The van der Waals surface area contributed by atoms with E-state index in [1.54, 1.807) is 0 Å². The van der Waals surface area contributed by atoms with E-state index >= 15 is 0 Å². The first-order chi connectivity index (χ1) is 17.3. The molecule has 0 amide bonds. The Morgan fingerprint density at radius 1 is 1.06 bits per heavy atom. The second kappa shape index (κ2) is 8.68. The SMILES string of the molecule is c1ncc(C2CC2)cc1-c1cn(C2(c3ccc(N4CCC[C@H](NCC5CC5)C4)cn3)COC2)nn1. The predicted octanol–water partition coefficient (Wildman–Crippen LogP) is 3.35. The molecule has 2 aliphatic heterocycles. The van der Waals surface area contributed by atoms with Crippen LogP contribution in [0.15, 0.2) is 43.0 Å². The molecule has 2 saturated heterocycles. The number of nitrogens with zero attached hydrogens (tertiary/aromatic N) is 6. The molecule has 35 heavy (non-hydrogen) atoms. The lowest BCUT2D eigenvalue weighted by atomic mass is 9.92.